The molecule has 0 bridgehead atoms. The molecule has 1 amide bonds. The van der Waals surface area contributed by atoms with Crippen molar-refractivity contribution >= 4 is 44.9 Å². The number of nitrogens with two attached hydrogens (primary N) is 1. The Morgan fingerprint density at radius 1 is 1.33 bits per heavy atom. The number of hydrogen-bond acceptors (Lipinski definition) is 3. The van der Waals surface area contributed by atoms with E-state index in [1.807, 2.05) is 0 Å². The Bertz CT molecular complexity index is 586. The highest BCUT2D eigenvalue weighted by Crippen LogP contribution is 2.22. The molecular weight excluding hydrogens is 318 g/mol. The first kappa shape index (κ1) is 12.9. The van der Waals surface area contributed by atoms with Gasteiger partial charge in [-0.3, -0.25) is 4.79 Å². The summed E-state index contributed by atoms with van der Waals surface area (Å²) >= 11 is 9.04. The van der Waals surface area contributed by atoms with Crippen molar-refractivity contribution in [2.24, 2.45) is 0 Å². The van der Waals surface area contributed by atoms with Crippen molar-refractivity contribution in [2.75, 3.05) is 11.1 Å². The fraction of sp³-hybridized carbons (Fsp3) is 0. The second-order valence-corrected chi connectivity index (χ2v) is 4.85. The molecule has 0 unspecified atom stereocenters. The Labute approximate surface area is 117 Å². The number of halogens is 2. The number of aromatic nitrogens is 1. The summed E-state index contributed by atoms with van der Waals surface area (Å²) in [6.45, 7) is 0. The van der Waals surface area contributed by atoms with Gasteiger partial charge in [0.1, 0.15) is 5.82 Å². The molecule has 0 aliphatic heterocycles. The molecule has 2 aromatic rings. The van der Waals surface area contributed by atoms with Crippen molar-refractivity contribution in [3.63, 3.8) is 0 Å². The number of rotatable bonds is 2. The predicted octanol–water partition coefficient (Wildman–Crippen LogP) is 3.33. The fourth-order valence-electron chi connectivity index (χ4n) is 1.33. The Kier molecular flexibility index (Phi) is 3.84. The lowest BCUT2D eigenvalue weighted by Gasteiger charge is -2.07. The zero-order valence-electron chi connectivity index (χ0n) is 9.15. The summed E-state index contributed by atoms with van der Waals surface area (Å²) in [4.78, 5) is 15.9. The number of nitrogen functional groups attached to an aromatic ring is 1. The van der Waals surface area contributed by atoms with Gasteiger partial charge in [-0.1, -0.05) is 11.6 Å². The topological polar surface area (TPSA) is 68.0 Å². The number of nitrogens with zero attached hydrogens (tertiary/aromatic N) is 1. The van der Waals surface area contributed by atoms with Crippen molar-refractivity contribution in [3.05, 3.63) is 51.6 Å². The molecule has 18 heavy (non-hydrogen) atoms. The Morgan fingerprint density at radius 3 is 2.61 bits per heavy atom. The summed E-state index contributed by atoms with van der Waals surface area (Å²) in [6, 6.07) is 8.26. The van der Waals surface area contributed by atoms with E-state index in [9.17, 15) is 4.79 Å². The number of amides is 1. The minimum Gasteiger partial charge on any atom is -0.397 e. The van der Waals surface area contributed by atoms with E-state index in [4.69, 9.17) is 17.3 Å². The zero-order valence-corrected chi connectivity index (χ0v) is 11.5. The van der Waals surface area contributed by atoms with Crippen molar-refractivity contribution in [3.8, 4) is 0 Å². The van der Waals surface area contributed by atoms with Gasteiger partial charge in [-0.05, 0) is 46.3 Å². The summed E-state index contributed by atoms with van der Waals surface area (Å²) in [5.41, 5.74) is 6.59. The summed E-state index contributed by atoms with van der Waals surface area (Å²) in [5, 5.41) is 3.26. The van der Waals surface area contributed by atoms with Crippen LogP contribution in [0.4, 0.5) is 11.5 Å². The molecule has 0 aliphatic rings. The Balaban J connectivity index is 2.18. The quantitative estimate of drug-likeness (QED) is 0.889. The van der Waals surface area contributed by atoms with Crippen molar-refractivity contribution in [2.45, 2.75) is 0 Å². The minimum absolute atomic E-state index is 0.260. The fourth-order valence-corrected chi connectivity index (χ4v) is 1.92. The molecule has 1 heterocycles. The monoisotopic (exact) mass is 325 g/mol. The first-order valence-electron chi connectivity index (χ1n) is 5.04. The van der Waals surface area contributed by atoms with Crippen LogP contribution in [0.1, 0.15) is 10.4 Å². The molecule has 2 rings (SSSR count). The van der Waals surface area contributed by atoms with E-state index in [0.29, 0.717) is 26.6 Å². The van der Waals surface area contributed by atoms with Crippen LogP contribution >= 0.6 is 27.5 Å². The molecule has 0 saturated heterocycles. The highest BCUT2D eigenvalue weighted by molar-refractivity contribution is 9.10. The molecule has 4 nitrogen and oxygen atoms in total. The molecular formula is C12H9BrClN3O. The molecule has 0 atom stereocenters. The normalized spacial score (nSPS) is 10.1. The molecule has 6 heteroatoms. The van der Waals surface area contributed by atoms with Gasteiger partial charge in [0.05, 0.1) is 16.4 Å². The van der Waals surface area contributed by atoms with Crippen molar-refractivity contribution < 1.29 is 4.79 Å². The molecule has 0 saturated carbocycles. The maximum Gasteiger partial charge on any atom is 0.256 e. The van der Waals surface area contributed by atoms with Crippen LogP contribution in [0.3, 0.4) is 0 Å². The van der Waals surface area contributed by atoms with Crippen LogP contribution in [0.2, 0.25) is 5.02 Å². The number of benzene rings is 1. The second-order valence-electron chi connectivity index (χ2n) is 3.56. The molecule has 1 aromatic heterocycles. The van der Waals surface area contributed by atoms with Gasteiger partial charge in [0.2, 0.25) is 0 Å². The maximum atomic E-state index is 11.9. The Morgan fingerprint density at radius 2 is 2.00 bits per heavy atom. The van der Waals surface area contributed by atoms with Gasteiger partial charge in [0.25, 0.3) is 5.91 Å². The largest absolute Gasteiger partial charge is 0.397 e. The van der Waals surface area contributed by atoms with Gasteiger partial charge < -0.3 is 11.1 Å². The minimum atomic E-state index is -0.260. The van der Waals surface area contributed by atoms with Gasteiger partial charge in [0, 0.05) is 10.6 Å². The number of carbonyl (C=O) groups excluding carboxylic acids is 1. The number of carbonyl (C=O) groups is 1. The maximum absolute atomic E-state index is 11.9. The molecule has 0 spiro atoms. The van der Waals surface area contributed by atoms with Crippen LogP contribution in [0.15, 0.2) is 41.0 Å². The van der Waals surface area contributed by atoms with Crippen LogP contribution in [0.5, 0.6) is 0 Å². The first-order chi connectivity index (χ1) is 8.56. The zero-order chi connectivity index (χ0) is 13.1. The van der Waals surface area contributed by atoms with E-state index in [1.165, 1.54) is 6.20 Å². The first-order valence-corrected chi connectivity index (χ1v) is 6.21. The van der Waals surface area contributed by atoms with E-state index >= 15 is 0 Å². The van der Waals surface area contributed by atoms with E-state index in [0.717, 1.165) is 0 Å². The molecule has 0 fully saturated rings. The van der Waals surface area contributed by atoms with Crippen LogP contribution in [0, 0.1) is 0 Å². The number of anilines is 2. The third kappa shape index (κ3) is 3.00. The molecule has 3 N–H and O–H groups in total. The lowest BCUT2D eigenvalue weighted by atomic mass is 10.2. The van der Waals surface area contributed by atoms with Gasteiger partial charge >= 0.3 is 0 Å². The predicted molar refractivity (Wildman–Crippen MR) is 75.8 cm³/mol. The standard InChI is InChI=1S/C12H9BrClN3O/c13-10-5-9(15)6-16-11(10)17-12(18)7-1-3-8(14)4-2-7/h1-6H,15H2,(H,16,17,18). The second kappa shape index (κ2) is 5.37. The van der Waals surface area contributed by atoms with Gasteiger partial charge in [-0.2, -0.15) is 0 Å². The van der Waals surface area contributed by atoms with E-state index in [-0.39, 0.29) is 5.91 Å². The van der Waals surface area contributed by atoms with Gasteiger partial charge in [0.15, 0.2) is 0 Å². The van der Waals surface area contributed by atoms with Gasteiger partial charge in [-0.15, -0.1) is 0 Å². The number of hydrogen-bond donors (Lipinski definition) is 2. The molecule has 0 aliphatic carbocycles. The van der Waals surface area contributed by atoms with E-state index < -0.39 is 0 Å². The van der Waals surface area contributed by atoms with E-state index in [1.54, 1.807) is 30.3 Å². The molecule has 0 radical (unpaired) electrons. The van der Waals surface area contributed by atoms with Crippen molar-refractivity contribution in [1.82, 2.24) is 4.98 Å². The third-order valence-electron chi connectivity index (χ3n) is 2.20. The van der Waals surface area contributed by atoms with Crippen LogP contribution in [0.25, 0.3) is 0 Å². The number of pyridine rings is 1. The summed E-state index contributed by atoms with van der Waals surface area (Å²) in [6.07, 6.45) is 1.47. The third-order valence-corrected chi connectivity index (χ3v) is 3.06. The average molecular weight is 327 g/mol. The van der Waals surface area contributed by atoms with Crippen molar-refractivity contribution in [1.29, 1.82) is 0 Å². The highest BCUT2D eigenvalue weighted by atomic mass is 79.9. The smallest absolute Gasteiger partial charge is 0.256 e. The SMILES string of the molecule is Nc1cnc(NC(=O)c2ccc(Cl)cc2)c(Br)c1. The molecule has 1 aromatic carbocycles. The molecule has 92 valence electrons. The number of nitrogens with one attached hydrogen (secondary N) is 1. The van der Waals surface area contributed by atoms with Gasteiger partial charge in [-0.25, -0.2) is 4.98 Å². The Hall–Kier alpha value is -1.59. The lowest BCUT2D eigenvalue weighted by Crippen LogP contribution is -2.13. The average Bonchev–Trinajstić information content (AvgIpc) is 2.33. The summed E-state index contributed by atoms with van der Waals surface area (Å²) in [7, 11) is 0. The van der Waals surface area contributed by atoms with Crippen LogP contribution in [-0.2, 0) is 0 Å². The highest BCUT2D eigenvalue weighted by Gasteiger charge is 2.09. The van der Waals surface area contributed by atoms with Crippen LogP contribution < -0.4 is 11.1 Å². The summed E-state index contributed by atoms with van der Waals surface area (Å²) < 4.78 is 0.629. The lowest BCUT2D eigenvalue weighted by molar-refractivity contribution is 0.102. The van der Waals surface area contributed by atoms with Crippen LogP contribution in [-0.4, -0.2) is 10.9 Å². The summed E-state index contributed by atoms with van der Waals surface area (Å²) in [5.74, 6) is 0.161. The van der Waals surface area contributed by atoms with E-state index in [2.05, 4.69) is 26.2 Å².